The molecule has 6 nitrogen and oxygen atoms in total. The molecule has 0 aliphatic heterocycles. The minimum absolute atomic E-state index is 0.106. The Hall–Kier alpha value is -3.02. The Morgan fingerprint density at radius 2 is 1.81 bits per heavy atom. The van der Waals surface area contributed by atoms with E-state index in [-0.39, 0.29) is 6.61 Å². The molecule has 0 heterocycles. The van der Waals surface area contributed by atoms with E-state index in [0.29, 0.717) is 18.0 Å². The standard InChI is InChI=1S/C20H23NO5/c1-4-25-18-12-8-11-17(13-18)21(15(2)19(22)24-3)20(23)26-14-16-9-6-5-7-10-16/h5-13,15H,4,14H2,1-3H3/t15-/m0/s1. The predicted molar refractivity (Wildman–Crippen MR) is 98.2 cm³/mol. The highest BCUT2D eigenvalue weighted by atomic mass is 16.6. The van der Waals surface area contributed by atoms with Gasteiger partial charge in [0.15, 0.2) is 0 Å². The molecular weight excluding hydrogens is 334 g/mol. The van der Waals surface area contributed by atoms with E-state index in [1.807, 2.05) is 37.3 Å². The highest BCUT2D eigenvalue weighted by molar-refractivity contribution is 5.95. The molecule has 2 aromatic carbocycles. The van der Waals surface area contributed by atoms with Crippen molar-refractivity contribution in [2.45, 2.75) is 26.5 Å². The van der Waals surface area contributed by atoms with Crippen molar-refractivity contribution < 1.29 is 23.8 Å². The molecule has 0 N–H and O–H groups in total. The van der Waals surface area contributed by atoms with Gasteiger partial charge in [-0.25, -0.2) is 9.59 Å². The number of benzene rings is 2. The lowest BCUT2D eigenvalue weighted by Gasteiger charge is -2.27. The highest BCUT2D eigenvalue weighted by Gasteiger charge is 2.29. The van der Waals surface area contributed by atoms with Gasteiger partial charge in [-0.15, -0.1) is 0 Å². The Morgan fingerprint density at radius 1 is 1.08 bits per heavy atom. The van der Waals surface area contributed by atoms with Crippen molar-refractivity contribution in [3.05, 3.63) is 60.2 Å². The summed E-state index contributed by atoms with van der Waals surface area (Å²) >= 11 is 0. The fourth-order valence-corrected chi connectivity index (χ4v) is 2.44. The van der Waals surface area contributed by atoms with Crippen molar-refractivity contribution >= 4 is 17.7 Å². The van der Waals surface area contributed by atoms with Crippen molar-refractivity contribution in [2.75, 3.05) is 18.6 Å². The molecule has 2 aromatic rings. The van der Waals surface area contributed by atoms with Gasteiger partial charge in [-0.05, 0) is 31.5 Å². The van der Waals surface area contributed by atoms with E-state index in [4.69, 9.17) is 14.2 Å². The Morgan fingerprint density at radius 3 is 2.46 bits per heavy atom. The third-order valence-electron chi connectivity index (χ3n) is 3.74. The van der Waals surface area contributed by atoms with Crippen LogP contribution < -0.4 is 9.64 Å². The molecule has 0 saturated carbocycles. The average Bonchev–Trinajstić information content (AvgIpc) is 2.67. The molecule has 0 aliphatic carbocycles. The normalized spacial score (nSPS) is 11.3. The molecular formula is C20H23NO5. The number of hydrogen-bond donors (Lipinski definition) is 0. The minimum atomic E-state index is -0.847. The van der Waals surface area contributed by atoms with E-state index in [1.54, 1.807) is 31.2 Å². The molecule has 0 unspecified atom stereocenters. The molecule has 0 spiro atoms. The summed E-state index contributed by atoms with van der Waals surface area (Å²) in [5.41, 5.74) is 1.35. The number of hydrogen-bond acceptors (Lipinski definition) is 5. The summed E-state index contributed by atoms with van der Waals surface area (Å²) in [7, 11) is 1.28. The van der Waals surface area contributed by atoms with Crippen LogP contribution in [0.4, 0.5) is 10.5 Å². The summed E-state index contributed by atoms with van der Waals surface area (Å²) in [5, 5.41) is 0. The maximum Gasteiger partial charge on any atom is 0.415 e. The quantitative estimate of drug-likeness (QED) is 0.706. The zero-order valence-electron chi connectivity index (χ0n) is 15.2. The average molecular weight is 357 g/mol. The Balaban J connectivity index is 2.24. The third-order valence-corrected chi connectivity index (χ3v) is 3.74. The number of methoxy groups -OCH3 is 1. The molecule has 1 atom stereocenters. The van der Waals surface area contributed by atoms with Gasteiger partial charge in [0, 0.05) is 6.07 Å². The van der Waals surface area contributed by atoms with Gasteiger partial charge in [-0.2, -0.15) is 0 Å². The first-order valence-electron chi connectivity index (χ1n) is 8.37. The second-order valence-corrected chi connectivity index (χ2v) is 5.54. The van der Waals surface area contributed by atoms with Crippen LogP contribution in [0.2, 0.25) is 0 Å². The van der Waals surface area contributed by atoms with Gasteiger partial charge in [0.25, 0.3) is 0 Å². The zero-order valence-corrected chi connectivity index (χ0v) is 15.2. The second-order valence-electron chi connectivity index (χ2n) is 5.54. The van der Waals surface area contributed by atoms with Crippen molar-refractivity contribution in [2.24, 2.45) is 0 Å². The number of nitrogens with zero attached hydrogens (tertiary/aromatic N) is 1. The van der Waals surface area contributed by atoms with E-state index < -0.39 is 18.1 Å². The van der Waals surface area contributed by atoms with Crippen LogP contribution in [0, 0.1) is 0 Å². The van der Waals surface area contributed by atoms with Crippen LogP contribution >= 0.6 is 0 Å². The third kappa shape index (κ3) is 4.99. The molecule has 0 saturated heterocycles. The van der Waals surface area contributed by atoms with Gasteiger partial charge in [0.2, 0.25) is 0 Å². The molecule has 26 heavy (non-hydrogen) atoms. The van der Waals surface area contributed by atoms with Gasteiger partial charge in [0.05, 0.1) is 19.4 Å². The number of anilines is 1. The number of amides is 1. The lowest BCUT2D eigenvalue weighted by Crippen LogP contribution is -2.44. The predicted octanol–water partition coefficient (Wildman–Crippen LogP) is 3.79. The first-order chi connectivity index (χ1) is 12.6. The SMILES string of the molecule is CCOc1cccc(N(C(=O)OCc2ccccc2)[C@@H](C)C(=O)OC)c1. The van der Waals surface area contributed by atoms with Crippen LogP contribution in [-0.4, -0.2) is 31.8 Å². The fourth-order valence-electron chi connectivity index (χ4n) is 2.44. The molecule has 0 aromatic heterocycles. The maximum atomic E-state index is 12.7. The maximum absolute atomic E-state index is 12.7. The highest BCUT2D eigenvalue weighted by Crippen LogP contribution is 2.24. The largest absolute Gasteiger partial charge is 0.494 e. The summed E-state index contributed by atoms with van der Waals surface area (Å²) in [4.78, 5) is 26.0. The van der Waals surface area contributed by atoms with E-state index in [9.17, 15) is 9.59 Å². The van der Waals surface area contributed by atoms with Crippen LogP contribution in [0.5, 0.6) is 5.75 Å². The van der Waals surface area contributed by atoms with E-state index in [2.05, 4.69) is 0 Å². The first kappa shape index (κ1) is 19.3. The molecule has 0 radical (unpaired) electrons. The molecule has 1 amide bonds. The second kappa shape index (κ2) is 9.46. The minimum Gasteiger partial charge on any atom is -0.494 e. The number of esters is 1. The number of carbonyl (C=O) groups excluding carboxylic acids is 2. The molecule has 0 aliphatic rings. The van der Waals surface area contributed by atoms with Gasteiger partial charge >= 0.3 is 12.1 Å². The van der Waals surface area contributed by atoms with E-state index in [0.717, 1.165) is 5.56 Å². The van der Waals surface area contributed by atoms with Crippen LogP contribution in [-0.2, 0) is 20.9 Å². The number of carbonyl (C=O) groups is 2. The van der Waals surface area contributed by atoms with Gasteiger partial charge in [-0.3, -0.25) is 4.90 Å². The van der Waals surface area contributed by atoms with Crippen LogP contribution in [0.3, 0.4) is 0 Å². The summed E-state index contributed by atoms with van der Waals surface area (Å²) in [5.74, 6) is 0.0615. The van der Waals surface area contributed by atoms with Gasteiger partial charge < -0.3 is 14.2 Å². The molecule has 0 fully saturated rings. The molecule has 138 valence electrons. The van der Waals surface area contributed by atoms with Crippen molar-refractivity contribution in [3.63, 3.8) is 0 Å². The molecule has 2 rings (SSSR count). The lowest BCUT2D eigenvalue weighted by atomic mass is 10.2. The molecule has 0 bridgehead atoms. The zero-order chi connectivity index (χ0) is 18.9. The van der Waals surface area contributed by atoms with Gasteiger partial charge in [0.1, 0.15) is 18.4 Å². The van der Waals surface area contributed by atoms with E-state index >= 15 is 0 Å². The molecule has 6 heteroatoms. The summed E-state index contributed by atoms with van der Waals surface area (Å²) < 4.78 is 15.7. The monoisotopic (exact) mass is 357 g/mol. The van der Waals surface area contributed by atoms with Crippen molar-refractivity contribution in [1.29, 1.82) is 0 Å². The van der Waals surface area contributed by atoms with Crippen molar-refractivity contribution in [3.8, 4) is 5.75 Å². The van der Waals surface area contributed by atoms with Crippen LogP contribution in [0.15, 0.2) is 54.6 Å². The Kier molecular flexibility index (Phi) is 7.02. The Bertz CT molecular complexity index is 732. The summed E-state index contributed by atoms with van der Waals surface area (Å²) in [6.07, 6.45) is -0.639. The van der Waals surface area contributed by atoms with Crippen molar-refractivity contribution in [1.82, 2.24) is 0 Å². The first-order valence-corrected chi connectivity index (χ1v) is 8.37. The fraction of sp³-hybridized carbons (Fsp3) is 0.300. The lowest BCUT2D eigenvalue weighted by molar-refractivity contribution is -0.141. The van der Waals surface area contributed by atoms with Crippen LogP contribution in [0.1, 0.15) is 19.4 Å². The summed E-state index contributed by atoms with van der Waals surface area (Å²) in [6.45, 7) is 4.06. The number of rotatable bonds is 7. The van der Waals surface area contributed by atoms with Crippen LogP contribution in [0.25, 0.3) is 0 Å². The number of ether oxygens (including phenoxy) is 3. The summed E-state index contributed by atoms with van der Waals surface area (Å²) in [6, 6.07) is 15.4. The smallest absolute Gasteiger partial charge is 0.415 e. The Labute approximate surface area is 153 Å². The topological polar surface area (TPSA) is 65.1 Å². The van der Waals surface area contributed by atoms with E-state index in [1.165, 1.54) is 12.0 Å². The van der Waals surface area contributed by atoms with Gasteiger partial charge in [-0.1, -0.05) is 36.4 Å².